The quantitative estimate of drug-likeness (QED) is 0.768. The minimum absolute atomic E-state index is 0.218. The second-order valence-corrected chi connectivity index (χ2v) is 4.38. The zero-order valence-corrected chi connectivity index (χ0v) is 11.2. The van der Waals surface area contributed by atoms with Crippen LogP contribution in [0, 0.1) is 0 Å². The predicted octanol–water partition coefficient (Wildman–Crippen LogP) is 2.54. The molecule has 0 unspecified atom stereocenters. The summed E-state index contributed by atoms with van der Waals surface area (Å²) in [4.78, 5) is 16.8. The molecule has 0 amide bonds. The maximum Gasteiger partial charge on any atom is 0.323 e. The van der Waals surface area contributed by atoms with Crippen molar-refractivity contribution >= 4 is 11.0 Å². The first kappa shape index (κ1) is 12.3. The summed E-state index contributed by atoms with van der Waals surface area (Å²) in [6.07, 6.45) is 0. The topological polar surface area (TPSA) is 67.1 Å². The predicted molar refractivity (Wildman–Crippen MR) is 77.5 cm³/mol. The van der Waals surface area contributed by atoms with Crippen LogP contribution in [0.5, 0.6) is 11.5 Å². The van der Waals surface area contributed by atoms with Crippen LogP contribution in [0.15, 0.2) is 41.2 Å². The highest BCUT2D eigenvalue weighted by molar-refractivity contribution is 5.85. The Morgan fingerprint density at radius 3 is 2.20 bits per heavy atom. The second-order valence-electron chi connectivity index (χ2n) is 4.38. The Labute approximate surface area is 115 Å². The van der Waals surface area contributed by atoms with Gasteiger partial charge in [0.05, 0.1) is 30.8 Å². The normalized spacial score (nSPS) is 10.7. The Kier molecular flexibility index (Phi) is 2.95. The van der Waals surface area contributed by atoms with Crippen molar-refractivity contribution in [2.45, 2.75) is 0 Å². The molecule has 0 aliphatic heterocycles. The Morgan fingerprint density at radius 1 is 0.900 bits per heavy atom. The van der Waals surface area contributed by atoms with Gasteiger partial charge in [0.1, 0.15) is 11.5 Å². The Hall–Kier alpha value is -2.69. The number of methoxy groups -OCH3 is 2. The van der Waals surface area contributed by atoms with Crippen molar-refractivity contribution in [1.29, 1.82) is 0 Å². The van der Waals surface area contributed by atoms with Crippen molar-refractivity contribution in [3.05, 3.63) is 46.9 Å². The molecule has 1 aromatic heterocycles. The number of H-pyrrole nitrogens is 2. The number of hydrogen-bond donors (Lipinski definition) is 2. The number of rotatable bonds is 3. The zero-order valence-electron chi connectivity index (χ0n) is 11.2. The van der Waals surface area contributed by atoms with Gasteiger partial charge in [0.25, 0.3) is 0 Å². The first-order chi connectivity index (χ1) is 9.72. The second kappa shape index (κ2) is 4.77. The maximum atomic E-state index is 11.3. The van der Waals surface area contributed by atoms with Crippen LogP contribution in [-0.2, 0) is 0 Å². The van der Waals surface area contributed by atoms with Gasteiger partial charge in [0.15, 0.2) is 0 Å². The molecule has 0 atom stereocenters. The molecule has 0 aliphatic rings. The molecule has 1 heterocycles. The third kappa shape index (κ3) is 1.93. The molecule has 0 radical (unpaired) electrons. The number of nitrogens with one attached hydrogen (secondary N) is 2. The number of hydrogen-bond acceptors (Lipinski definition) is 3. The molecule has 0 spiro atoms. The molecule has 3 rings (SSSR count). The van der Waals surface area contributed by atoms with Crippen LogP contribution in [0.3, 0.4) is 0 Å². The number of imidazole rings is 1. The van der Waals surface area contributed by atoms with E-state index in [9.17, 15) is 4.79 Å². The van der Waals surface area contributed by atoms with Gasteiger partial charge in [0, 0.05) is 0 Å². The fraction of sp³-hybridized carbons (Fsp3) is 0.133. The van der Waals surface area contributed by atoms with E-state index in [1.807, 2.05) is 36.4 Å². The molecule has 0 fully saturated rings. The van der Waals surface area contributed by atoms with Crippen LogP contribution >= 0.6 is 0 Å². The molecule has 0 saturated heterocycles. The summed E-state index contributed by atoms with van der Waals surface area (Å²) in [5, 5.41) is 0. The summed E-state index contributed by atoms with van der Waals surface area (Å²) >= 11 is 0. The van der Waals surface area contributed by atoms with E-state index in [0.29, 0.717) is 0 Å². The molecule has 2 N–H and O–H groups in total. The third-order valence-electron chi connectivity index (χ3n) is 3.23. The lowest BCUT2D eigenvalue weighted by atomic mass is 10.0. The van der Waals surface area contributed by atoms with E-state index in [2.05, 4.69) is 9.97 Å². The fourth-order valence-corrected chi connectivity index (χ4v) is 2.32. The summed E-state index contributed by atoms with van der Waals surface area (Å²) in [5.74, 6) is 1.45. The Morgan fingerprint density at radius 2 is 1.55 bits per heavy atom. The van der Waals surface area contributed by atoms with E-state index in [4.69, 9.17) is 9.47 Å². The van der Waals surface area contributed by atoms with Gasteiger partial charge in [-0.1, -0.05) is 12.1 Å². The zero-order chi connectivity index (χ0) is 14.1. The van der Waals surface area contributed by atoms with Crippen molar-refractivity contribution < 1.29 is 9.47 Å². The van der Waals surface area contributed by atoms with Crippen LogP contribution in [0.25, 0.3) is 22.2 Å². The molecule has 0 aliphatic carbocycles. The number of aromatic nitrogens is 2. The third-order valence-corrected chi connectivity index (χ3v) is 3.23. The van der Waals surface area contributed by atoms with E-state index in [0.717, 1.165) is 33.7 Å². The number of benzene rings is 2. The van der Waals surface area contributed by atoms with Crippen LogP contribution in [0.1, 0.15) is 0 Å². The molecule has 5 heteroatoms. The van der Waals surface area contributed by atoms with Gasteiger partial charge < -0.3 is 19.4 Å². The Bertz CT molecular complexity index is 795. The molecule has 2 aromatic carbocycles. The van der Waals surface area contributed by atoms with Gasteiger partial charge in [0.2, 0.25) is 0 Å². The highest BCUT2D eigenvalue weighted by Crippen LogP contribution is 2.38. The lowest BCUT2D eigenvalue weighted by Crippen LogP contribution is -1.99. The highest BCUT2D eigenvalue weighted by Gasteiger charge is 2.13. The van der Waals surface area contributed by atoms with Crippen molar-refractivity contribution in [3.8, 4) is 22.6 Å². The van der Waals surface area contributed by atoms with Gasteiger partial charge in [-0.15, -0.1) is 0 Å². The van der Waals surface area contributed by atoms with E-state index < -0.39 is 0 Å². The standard InChI is InChI=1S/C15H14N2O3/c1-19-12-4-3-5-13(20-2)14(12)9-6-7-10-11(8-9)17-15(18)16-10/h3-8H,1-2H3,(H2,16,17,18). The van der Waals surface area contributed by atoms with E-state index in [1.165, 1.54) is 0 Å². The molecule has 3 aromatic rings. The Balaban J connectivity index is 2.26. The summed E-state index contributed by atoms with van der Waals surface area (Å²) in [5.41, 5.74) is 3.08. The molecule has 0 saturated carbocycles. The van der Waals surface area contributed by atoms with E-state index in [-0.39, 0.29) is 5.69 Å². The van der Waals surface area contributed by atoms with Crippen molar-refractivity contribution in [3.63, 3.8) is 0 Å². The minimum atomic E-state index is -0.218. The van der Waals surface area contributed by atoms with Gasteiger partial charge in [-0.25, -0.2) is 4.79 Å². The summed E-state index contributed by atoms with van der Waals surface area (Å²) in [6.45, 7) is 0. The molecular formula is C15H14N2O3. The van der Waals surface area contributed by atoms with Gasteiger partial charge in [-0.3, -0.25) is 0 Å². The average Bonchev–Trinajstić information content (AvgIpc) is 2.85. The molecule has 5 nitrogen and oxygen atoms in total. The number of aromatic amines is 2. The molecule has 102 valence electrons. The van der Waals surface area contributed by atoms with Crippen molar-refractivity contribution in [2.75, 3.05) is 14.2 Å². The van der Waals surface area contributed by atoms with E-state index >= 15 is 0 Å². The first-order valence-corrected chi connectivity index (χ1v) is 6.16. The van der Waals surface area contributed by atoms with Crippen molar-refractivity contribution in [2.24, 2.45) is 0 Å². The van der Waals surface area contributed by atoms with Gasteiger partial charge in [-0.05, 0) is 29.8 Å². The van der Waals surface area contributed by atoms with Gasteiger partial charge in [-0.2, -0.15) is 0 Å². The van der Waals surface area contributed by atoms with Crippen LogP contribution < -0.4 is 15.2 Å². The minimum Gasteiger partial charge on any atom is -0.496 e. The summed E-state index contributed by atoms with van der Waals surface area (Å²) in [7, 11) is 3.24. The first-order valence-electron chi connectivity index (χ1n) is 6.16. The van der Waals surface area contributed by atoms with Crippen LogP contribution in [0.4, 0.5) is 0 Å². The van der Waals surface area contributed by atoms with Gasteiger partial charge >= 0.3 is 5.69 Å². The van der Waals surface area contributed by atoms with Crippen LogP contribution in [-0.4, -0.2) is 24.2 Å². The molecule has 20 heavy (non-hydrogen) atoms. The lowest BCUT2D eigenvalue weighted by molar-refractivity contribution is 0.397. The fourth-order valence-electron chi connectivity index (χ4n) is 2.32. The SMILES string of the molecule is COc1cccc(OC)c1-c1ccc2[nH]c(=O)[nH]c2c1. The largest absolute Gasteiger partial charge is 0.496 e. The number of fused-ring (bicyclic) bond motifs is 1. The molecule has 0 bridgehead atoms. The summed E-state index contributed by atoms with van der Waals surface area (Å²) < 4.78 is 10.8. The number of ether oxygens (including phenoxy) is 2. The maximum absolute atomic E-state index is 11.3. The average molecular weight is 270 g/mol. The highest BCUT2D eigenvalue weighted by atomic mass is 16.5. The lowest BCUT2D eigenvalue weighted by Gasteiger charge is -2.13. The smallest absolute Gasteiger partial charge is 0.323 e. The van der Waals surface area contributed by atoms with E-state index in [1.54, 1.807) is 14.2 Å². The summed E-state index contributed by atoms with van der Waals surface area (Å²) in [6, 6.07) is 11.3. The molecular weight excluding hydrogens is 256 g/mol. The van der Waals surface area contributed by atoms with Crippen LogP contribution in [0.2, 0.25) is 0 Å². The van der Waals surface area contributed by atoms with Crippen molar-refractivity contribution in [1.82, 2.24) is 9.97 Å². The monoisotopic (exact) mass is 270 g/mol.